The van der Waals surface area contributed by atoms with E-state index in [9.17, 15) is 4.79 Å². The summed E-state index contributed by atoms with van der Waals surface area (Å²) >= 11 is 0. The van der Waals surface area contributed by atoms with E-state index < -0.39 is 0 Å². The third kappa shape index (κ3) is 2.54. The normalized spacial score (nSPS) is 11.1. The van der Waals surface area contributed by atoms with E-state index in [4.69, 9.17) is 10.5 Å². The van der Waals surface area contributed by atoms with Gasteiger partial charge in [0.25, 0.3) is 5.56 Å². The van der Waals surface area contributed by atoms with Gasteiger partial charge in [-0.3, -0.25) is 9.48 Å². The molecule has 2 aromatic heterocycles. The Morgan fingerprint density at radius 2 is 2.10 bits per heavy atom. The van der Waals surface area contributed by atoms with Crippen LogP contribution in [0.5, 0.6) is 5.75 Å². The van der Waals surface area contributed by atoms with Gasteiger partial charge in [-0.15, -0.1) is 0 Å². The lowest BCUT2D eigenvalue weighted by Gasteiger charge is -2.15. The second-order valence-electron chi connectivity index (χ2n) is 5.24. The van der Waals surface area contributed by atoms with Crippen molar-refractivity contribution in [2.45, 2.75) is 20.4 Å². The van der Waals surface area contributed by atoms with E-state index in [1.165, 1.54) is 7.11 Å². The number of nitrogen functional groups attached to an aromatic ring is 1. The largest absolute Gasteiger partial charge is 0.494 e. The zero-order valence-electron chi connectivity index (χ0n) is 12.3. The second-order valence-corrected chi connectivity index (χ2v) is 5.24. The zero-order valence-corrected chi connectivity index (χ0v) is 12.3. The average molecular weight is 276 g/mol. The molecular formula is C14H20N4O2. The molecule has 0 fully saturated rings. The highest BCUT2D eigenvalue weighted by atomic mass is 16.5. The summed E-state index contributed by atoms with van der Waals surface area (Å²) in [5, 5.41) is 4.14. The molecule has 6 heteroatoms. The number of hydrogen-bond donors (Lipinski definition) is 1. The van der Waals surface area contributed by atoms with E-state index >= 15 is 0 Å². The van der Waals surface area contributed by atoms with Crippen molar-refractivity contribution in [2.75, 3.05) is 12.8 Å². The van der Waals surface area contributed by atoms with Gasteiger partial charge in [0.2, 0.25) is 0 Å². The van der Waals surface area contributed by atoms with Gasteiger partial charge >= 0.3 is 0 Å². The molecule has 0 spiro atoms. The molecule has 0 bridgehead atoms. The summed E-state index contributed by atoms with van der Waals surface area (Å²) in [6.07, 6.45) is 5.37. The van der Waals surface area contributed by atoms with Crippen LogP contribution < -0.4 is 16.0 Å². The Kier molecular flexibility index (Phi) is 3.83. The van der Waals surface area contributed by atoms with Crippen LogP contribution in [-0.2, 0) is 13.6 Å². The van der Waals surface area contributed by atoms with Crippen molar-refractivity contribution < 1.29 is 4.74 Å². The van der Waals surface area contributed by atoms with Crippen molar-refractivity contribution in [1.82, 2.24) is 14.3 Å². The summed E-state index contributed by atoms with van der Waals surface area (Å²) in [4.78, 5) is 12.2. The Bertz CT molecular complexity index is 670. The molecule has 108 valence electrons. The monoisotopic (exact) mass is 276 g/mol. The fourth-order valence-electron chi connectivity index (χ4n) is 2.18. The third-order valence-corrected chi connectivity index (χ3v) is 3.05. The molecule has 0 atom stereocenters. The van der Waals surface area contributed by atoms with Crippen LogP contribution in [0.3, 0.4) is 0 Å². The molecule has 0 aromatic carbocycles. The third-order valence-electron chi connectivity index (χ3n) is 3.05. The van der Waals surface area contributed by atoms with Crippen molar-refractivity contribution in [3.8, 4) is 16.9 Å². The molecule has 2 heterocycles. The summed E-state index contributed by atoms with van der Waals surface area (Å²) in [7, 11) is 3.35. The molecule has 2 N–H and O–H groups in total. The Morgan fingerprint density at radius 3 is 2.60 bits per heavy atom. The highest BCUT2D eigenvalue weighted by Crippen LogP contribution is 2.32. The first-order valence-corrected chi connectivity index (χ1v) is 6.50. The van der Waals surface area contributed by atoms with Crippen molar-refractivity contribution in [1.29, 1.82) is 0 Å². The molecule has 0 unspecified atom stereocenters. The standard InChI is InChI=1S/C14H20N4O2/c1-9(2)6-18-8-11(10-5-16-17(3)7-10)13(20-4)12(15)14(18)19/h5,7-9H,6,15H2,1-4H3. The van der Waals surface area contributed by atoms with Gasteiger partial charge in [0, 0.05) is 37.1 Å². The number of anilines is 1. The first kappa shape index (κ1) is 14.2. The molecule has 0 aliphatic heterocycles. The Morgan fingerprint density at radius 1 is 1.40 bits per heavy atom. The van der Waals surface area contributed by atoms with E-state index in [-0.39, 0.29) is 11.2 Å². The fourth-order valence-corrected chi connectivity index (χ4v) is 2.18. The summed E-state index contributed by atoms with van der Waals surface area (Å²) < 4.78 is 8.63. The first-order valence-electron chi connectivity index (χ1n) is 6.50. The van der Waals surface area contributed by atoms with Crippen molar-refractivity contribution in [3.63, 3.8) is 0 Å². The maximum Gasteiger partial charge on any atom is 0.277 e. The van der Waals surface area contributed by atoms with Gasteiger partial charge in [-0.2, -0.15) is 5.10 Å². The number of rotatable bonds is 4. The van der Waals surface area contributed by atoms with Crippen LogP contribution in [-0.4, -0.2) is 21.5 Å². The minimum atomic E-state index is -0.219. The molecule has 2 aromatic rings. The first-order chi connectivity index (χ1) is 9.43. The molecule has 0 radical (unpaired) electrons. The second kappa shape index (κ2) is 5.40. The smallest absolute Gasteiger partial charge is 0.277 e. The lowest BCUT2D eigenvalue weighted by Crippen LogP contribution is -2.25. The van der Waals surface area contributed by atoms with Crippen molar-refractivity contribution >= 4 is 5.69 Å². The maximum atomic E-state index is 12.2. The molecule has 0 saturated carbocycles. The molecular weight excluding hydrogens is 256 g/mol. The number of nitrogens with zero attached hydrogens (tertiary/aromatic N) is 3. The van der Waals surface area contributed by atoms with E-state index in [1.807, 2.05) is 13.2 Å². The summed E-state index contributed by atoms with van der Waals surface area (Å²) in [5.74, 6) is 0.755. The maximum absolute atomic E-state index is 12.2. The Hall–Kier alpha value is -2.24. The van der Waals surface area contributed by atoms with E-state index in [0.29, 0.717) is 18.2 Å². The molecule has 20 heavy (non-hydrogen) atoms. The van der Waals surface area contributed by atoms with Gasteiger partial charge in [0.15, 0.2) is 5.75 Å². The number of ether oxygens (including phenoxy) is 1. The van der Waals surface area contributed by atoms with Crippen LogP contribution in [0.4, 0.5) is 5.69 Å². The highest BCUT2D eigenvalue weighted by Gasteiger charge is 2.17. The minimum Gasteiger partial charge on any atom is -0.494 e. The number of methoxy groups -OCH3 is 1. The number of aromatic nitrogens is 3. The molecule has 0 saturated heterocycles. The molecule has 0 amide bonds. The van der Waals surface area contributed by atoms with Gasteiger partial charge in [0.1, 0.15) is 5.69 Å². The van der Waals surface area contributed by atoms with Crippen LogP contribution in [0.25, 0.3) is 11.1 Å². The lowest BCUT2D eigenvalue weighted by molar-refractivity contribution is 0.414. The summed E-state index contributed by atoms with van der Waals surface area (Å²) in [6, 6.07) is 0. The van der Waals surface area contributed by atoms with E-state index in [2.05, 4.69) is 18.9 Å². The average Bonchev–Trinajstić information content (AvgIpc) is 2.81. The van der Waals surface area contributed by atoms with E-state index in [1.54, 1.807) is 21.6 Å². The quantitative estimate of drug-likeness (QED) is 0.918. The van der Waals surface area contributed by atoms with Crippen LogP contribution >= 0.6 is 0 Å². The van der Waals surface area contributed by atoms with Gasteiger partial charge in [-0.1, -0.05) is 13.8 Å². The Balaban J connectivity index is 2.65. The fraction of sp³-hybridized carbons (Fsp3) is 0.429. The van der Waals surface area contributed by atoms with Crippen LogP contribution in [0, 0.1) is 5.92 Å². The van der Waals surface area contributed by atoms with Crippen LogP contribution in [0.2, 0.25) is 0 Å². The van der Waals surface area contributed by atoms with Gasteiger partial charge in [-0.05, 0) is 5.92 Å². The molecule has 6 nitrogen and oxygen atoms in total. The van der Waals surface area contributed by atoms with Crippen LogP contribution in [0.15, 0.2) is 23.4 Å². The van der Waals surface area contributed by atoms with Crippen molar-refractivity contribution in [2.24, 2.45) is 13.0 Å². The van der Waals surface area contributed by atoms with Gasteiger partial charge in [-0.25, -0.2) is 0 Å². The predicted octanol–water partition coefficient (Wildman–Crippen LogP) is 1.50. The molecule has 0 aliphatic carbocycles. The number of hydrogen-bond acceptors (Lipinski definition) is 4. The predicted molar refractivity (Wildman–Crippen MR) is 78.7 cm³/mol. The Labute approximate surface area is 117 Å². The van der Waals surface area contributed by atoms with Crippen LogP contribution in [0.1, 0.15) is 13.8 Å². The number of pyridine rings is 1. The summed E-state index contributed by atoms with van der Waals surface area (Å²) in [5.41, 5.74) is 7.49. The summed E-state index contributed by atoms with van der Waals surface area (Å²) in [6.45, 7) is 4.72. The number of nitrogens with two attached hydrogens (primary N) is 1. The van der Waals surface area contributed by atoms with E-state index in [0.717, 1.165) is 11.1 Å². The van der Waals surface area contributed by atoms with Gasteiger partial charge in [0.05, 0.1) is 13.3 Å². The zero-order chi connectivity index (χ0) is 14.9. The van der Waals surface area contributed by atoms with Crippen molar-refractivity contribution in [3.05, 3.63) is 28.9 Å². The molecule has 0 aliphatic rings. The topological polar surface area (TPSA) is 75.1 Å². The van der Waals surface area contributed by atoms with Gasteiger partial charge < -0.3 is 15.0 Å². The number of aryl methyl sites for hydroxylation is 1. The lowest BCUT2D eigenvalue weighted by atomic mass is 10.1. The minimum absolute atomic E-state index is 0.134. The molecule has 2 rings (SSSR count). The highest BCUT2D eigenvalue weighted by molar-refractivity contribution is 5.75. The SMILES string of the molecule is COc1c(-c2cnn(C)c2)cn(CC(C)C)c(=O)c1N.